The molecule has 0 saturated heterocycles. The van der Waals surface area contributed by atoms with Crippen LogP contribution in [-0.2, 0) is 0 Å². The summed E-state index contributed by atoms with van der Waals surface area (Å²) >= 11 is 5.80. The Kier molecular flexibility index (Phi) is 5.59. The first-order chi connectivity index (χ1) is 9.11. The van der Waals surface area contributed by atoms with E-state index in [1.165, 1.54) is 13.0 Å². The smallest absolute Gasteiger partial charge is 0.292 e. The quantitative estimate of drug-likeness (QED) is 0.760. The molecule has 0 amide bonds. The molecule has 0 N–H and O–H groups in total. The van der Waals surface area contributed by atoms with Crippen LogP contribution >= 0.6 is 11.6 Å². The maximum absolute atomic E-state index is 12.6. The second kappa shape index (κ2) is 6.59. The SMILES string of the molecule is CC(C)N(CC(F)(F)F)C(C)C(=O)c1cccc(Cl)c1. The van der Waals surface area contributed by atoms with Gasteiger partial charge in [0.15, 0.2) is 5.78 Å². The minimum absolute atomic E-state index is 0.317. The maximum Gasteiger partial charge on any atom is 0.401 e. The van der Waals surface area contributed by atoms with Crippen LogP contribution in [0.2, 0.25) is 5.02 Å². The standard InChI is InChI=1S/C14H17ClF3NO/c1-9(2)19(8-14(16,17)18)10(3)13(20)11-5-4-6-12(15)7-11/h4-7,9-10H,8H2,1-3H3. The molecule has 0 spiro atoms. The molecule has 0 radical (unpaired) electrons. The van der Waals surface area contributed by atoms with Crippen LogP contribution in [0.15, 0.2) is 24.3 Å². The first-order valence-electron chi connectivity index (χ1n) is 6.24. The fourth-order valence-electron chi connectivity index (χ4n) is 2.01. The summed E-state index contributed by atoms with van der Waals surface area (Å²) in [4.78, 5) is 13.4. The van der Waals surface area contributed by atoms with E-state index in [0.717, 1.165) is 4.90 Å². The summed E-state index contributed by atoms with van der Waals surface area (Å²) in [5.74, 6) is -0.370. The van der Waals surface area contributed by atoms with Gasteiger partial charge in [0.05, 0.1) is 12.6 Å². The summed E-state index contributed by atoms with van der Waals surface area (Å²) in [6, 6.07) is 4.97. The van der Waals surface area contributed by atoms with Gasteiger partial charge in [-0.1, -0.05) is 23.7 Å². The molecule has 2 nitrogen and oxygen atoms in total. The second-order valence-electron chi connectivity index (χ2n) is 4.93. The molecule has 1 aromatic rings. The molecule has 0 aliphatic rings. The molecule has 0 aromatic heterocycles. The first kappa shape index (κ1) is 17.0. The molecule has 20 heavy (non-hydrogen) atoms. The van der Waals surface area contributed by atoms with Crippen molar-refractivity contribution in [2.24, 2.45) is 0 Å². The molecule has 0 saturated carbocycles. The van der Waals surface area contributed by atoms with Crippen molar-refractivity contribution in [3.8, 4) is 0 Å². The molecule has 0 aliphatic heterocycles. The number of ketones is 1. The minimum atomic E-state index is -4.34. The molecule has 112 valence electrons. The van der Waals surface area contributed by atoms with Crippen LogP contribution in [0, 0.1) is 0 Å². The van der Waals surface area contributed by atoms with Gasteiger partial charge < -0.3 is 0 Å². The van der Waals surface area contributed by atoms with Gasteiger partial charge in [0.25, 0.3) is 0 Å². The van der Waals surface area contributed by atoms with Crippen LogP contribution in [0.3, 0.4) is 0 Å². The van der Waals surface area contributed by atoms with Crippen molar-refractivity contribution in [1.82, 2.24) is 4.90 Å². The Morgan fingerprint density at radius 1 is 1.30 bits per heavy atom. The number of hydrogen-bond donors (Lipinski definition) is 0. The van der Waals surface area contributed by atoms with E-state index in [0.29, 0.717) is 10.6 Å². The van der Waals surface area contributed by atoms with E-state index in [4.69, 9.17) is 11.6 Å². The number of carbonyl (C=O) groups excluding carboxylic acids is 1. The van der Waals surface area contributed by atoms with Gasteiger partial charge in [-0.2, -0.15) is 13.2 Å². The summed E-state index contributed by atoms with van der Waals surface area (Å²) in [7, 11) is 0. The molecule has 0 bridgehead atoms. The van der Waals surface area contributed by atoms with Crippen LogP contribution in [-0.4, -0.2) is 35.5 Å². The summed E-state index contributed by atoms with van der Waals surface area (Å²) in [5, 5.41) is 0.384. The Hall–Kier alpha value is -1.07. The van der Waals surface area contributed by atoms with Crippen molar-refractivity contribution in [3.05, 3.63) is 34.9 Å². The predicted molar refractivity (Wildman–Crippen MR) is 73.1 cm³/mol. The van der Waals surface area contributed by atoms with Crippen LogP contribution < -0.4 is 0 Å². The zero-order valence-electron chi connectivity index (χ0n) is 11.5. The van der Waals surface area contributed by atoms with E-state index in [1.54, 1.807) is 32.0 Å². The number of rotatable bonds is 5. The largest absolute Gasteiger partial charge is 0.401 e. The van der Waals surface area contributed by atoms with Gasteiger partial charge in [-0.05, 0) is 32.9 Å². The molecular formula is C14H17ClF3NO. The van der Waals surface area contributed by atoms with E-state index in [-0.39, 0.29) is 5.78 Å². The lowest BCUT2D eigenvalue weighted by atomic mass is 10.0. The van der Waals surface area contributed by atoms with Crippen molar-refractivity contribution in [2.75, 3.05) is 6.54 Å². The summed E-state index contributed by atoms with van der Waals surface area (Å²) in [5.41, 5.74) is 0.317. The minimum Gasteiger partial charge on any atom is -0.292 e. The number of alkyl halides is 3. The Morgan fingerprint density at radius 2 is 1.90 bits per heavy atom. The molecule has 1 unspecified atom stereocenters. The van der Waals surface area contributed by atoms with Crippen LogP contribution in [0.1, 0.15) is 31.1 Å². The van der Waals surface area contributed by atoms with Crippen molar-refractivity contribution in [1.29, 1.82) is 0 Å². The maximum atomic E-state index is 12.6. The fourth-order valence-corrected chi connectivity index (χ4v) is 2.20. The number of hydrogen-bond acceptors (Lipinski definition) is 2. The lowest BCUT2D eigenvalue weighted by Crippen LogP contribution is -2.48. The van der Waals surface area contributed by atoms with E-state index in [1.807, 2.05) is 0 Å². The average molecular weight is 308 g/mol. The highest BCUT2D eigenvalue weighted by molar-refractivity contribution is 6.31. The number of carbonyl (C=O) groups is 1. The zero-order chi connectivity index (χ0) is 15.5. The van der Waals surface area contributed by atoms with Gasteiger partial charge in [0.2, 0.25) is 0 Å². The Balaban J connectivity index is 2.95. The van der Waals surface area contributed by atoms with E-state index >= 15 is 0 Å². The summed E-state index contributed by atoms with van der Waals surface area (Å²) in [6.45, 7) is 3.63. The van der Waals surface area contributed by atoms with Crippen LogP contribution in [0.4, 0.5) is 13.2 Å². The number of halogens is 4. The van der Waals surface area contributed by atoms with E-state index in [2.05, 4.69) is 0 Å². The lowest BCUT2D eigenvalue weighted by Gasteiger charge is -2.32. The topological polar surface area (TPSA) is 20.3 Å². The number of Topliss-reactive ketones (excluding diaryl/α,β-unsaturated/α-hetero) is 1. The summed E-state index contributed by atoms with van der Waals surface area (Å²) in [6.07, 6.45) is -4.34. The molecule has 6 heteroatoms. The van der Waals surface area contributed by atoms with Crippen molar-refractivity contribution < 1.29 is 18.0 Å². The lowest BCUT2D eigenvalue weighted by molar-refractivity contribution is -0.152. The zero-order valence-corrected chi connectivity index (χ0v) is 12.3. The van der Waals surface area contributed by atoms with E-state index in [9.17, 15) is 18.0 Å². The summed E-state index contributed by atoms with van der Waals surface area (Å²) < 4.78 is 37.7. The Bertz CT molecular complexity index is 474. The molecule has 0 fully saturated rings. The van der Waals surface area contributed by atoms with Gasteiger partial charge in [0, 0.05) is 16.6 Å². The third kappa shape index (κ3) is 4.80. The monoisotopic (exact) mass is 307 g/mol. The third-order valence-corrected chi connectivity index (χ3v) is 3.25. The van der Waals surface area contributed by atoms with Gasteiger partial charge in [-0.25, -0.2) is 0 Å². The molecule has 0 aliphatic carbocycles. The van der Waals surface area contributed by atoms with Crippen molar-refractivity contribution >= 4 is 17.4 Å². The fraction of sp³-hybridized carbons (Fsp3) is 0.500. The third-order valence-electron chi connectivity index (χ3n) is 3.01. The highest BCUT2D eigenvalue weighted by atomic mass is 35.5. The molecule has 0 heterocycles. The Labute approximate surface area is 121 Å². The van der Waals surface area contributed by atoms with Crippen molar-refractivity contribution in [2.45, 2.75) is 39.0 Å². The molecular weight excluding hydrogens is 291 g/mol. The van der Waals surface area contributed by atoms with Gasteiger partial charge >= 0.3 is 6.18 Å². The predicted octanol–water partition coefficient (Wildman–Crippen LogP) is 4.18. The second-order valence-corrected chi connectivity index (χ2v) is 5.37. The molecule has 1 rings (SSSR count). The van der Waals surface area contributed by atoms with Crippen LogP contribution in [0.25, 0.3) is 0 Å². The van der Waals surface area contributed by atoms with Gasteiger partial charge in [0.1, 0.15) is 0 Å². The highest BCUT2D eigenvalue weighted by Gasteiger charge is 2.36. The van der Waals surface area contributed by atoms with Gasteiger partial charge in [-0.3, -0.25) is 9.69 Å². The first-order valence-corrected chi connectivity index (χ1v) is 6.62. The van der Waals surface area contributed by atoms with Crippen molar-refractivity contribution in [3.63, 3.8) is 0 Å². The molecule has 1 atom stereocenters. The number of nitrogens with zero attached hydrogens (tertiary/aromatic N) is 1. The van der Waals surface area contributed by atoms with Gasteiger partial charge in [-0.15, -0.1) is 0 Å². The average Bonchev–Trinajstić information content (AvgIpc) is 2.33. The normalized spacial score (nSPS) is 13.8. The Morgan fingerprint density at radius 3 is 2.35 bits per heavy atom. The van der Waals surface area contributed by atoms with E-state index < -0.39 is 24.8 Å². The highest BCUT2D eigenvalue weighted by Crippen LogP contribution is 2.22. The molecule has 1 aromatic carbocycles. The van der Waals surface area contributed by atoms with Crippen LogP contribution in [0.5, 0.6) is 0 Å². The number of benzene rings is 1.